The number of carbonyl (C=O) groups excluding carboxylic acids is 3. The first kappa shape index (κ1) is 15.0. The van der Waals surface area contributed by atoms with Gasteiger partial charge >= 0.3 is 18.2 Å². The summed E-state index contributed by atoms with van der Waals surface area (Å²) < 4.78 is 9.64. The Labute approximate surface area is 125 Å². The molecule has 2 rings (SSSR count). The van der Waals surface area contributed by atoms with Gasteiger partial charge < -0.3 is 9.47 Å². The van der Waals surface area contributed by atoms with Crippen molar-refractivity contribution >= 4 is 18.2 Å². The van der Waals surface area contributed by atoms with Gasteiger partial charge in [0.2, 0.25) is 0 Å². The number of hydrogen-bond donors (Lipinski definition) is 2. The van der Waals surface area contributed by atoms with Gasteiger partial charge in [-0.1, -0.05) is 36.4 Å². The van der Waals surface area contributed by atoms with E-state index in [1.807, 2.05) is 10.6 Å². The molecule has 0 unspecified atom stereocenters. The molecule has 7 heteroatoms. The van der Waals surface area contributed by atoms with Crippen molar-refractivity contribution in [1.29, 1.82) is 0 Å². The lowest BCUT2D eigenvalue weighted by atomic mass is 10.3. The highest BCUT2D eigenvalue weighted by Crippen LogP contribution is 2.09. The molecule has 0 saturated heterocycles. The fraction of sp³-hybridized carbons (Fsp3) is 0. The quantitative estimate of drug-likeness (QED) is 0.889. The van der Waals surface area contributed by atoms with Crippen LogP contribution in [0.5, 0.6) is 11.5 Å². The third kappa shape index (κ3) is 4.97. The lowest BCUT2D eigenvalue weighted by Gasteiger charge is -2.07. The van der Waals surface area contributed by atoms with E-state index < -0.39 is 18.2 Å². The number of nitrogens with one attached hydrogen (secondary N) is 2. The Hall–Kier alpha value is -3.35. The summed E-state index contributed by atoms with van der Waals surface area (Å²) in [4.78, 5) is 34.3. The minimum Gasteiger partial charge on any atom is -0.410 e. The normalized spacial score (nSPS) is 9.45. The van der Waals surface area contributed by atoms with Gasteiger partial charge in [-0.25, -0.2) is 25.0 Å². The van der Waals surface area contributed by atoms with Crippen LogP contribution in [0, 0.1) is 0 Å². The number of imide groups is 2. The van der Waals surface area contributed by atoms with Gasteiger partial charge in [0.15, 0.2) is 0 Å². The first-order valence-corrected chi connectivity index (χ1v) is 6.25. The third-order valence-electron chi connectivity index (χ3n) is 2.34. The maximum atomic E-state index is 11.4. The van der Waals surface area contributed by atoms with Crippen molar-refractivity contribution in [2.45, 2.75) is 0 Å². The van der Waals surface area contributed by atoms with Crippen LogP contribution in [0.2, 0.25) is 0 Å². The summed E-state index contributed by atoms with van der Waals surface area (Å²) in [5.74, 6) is 0.527. The fourth-order valence-electron chi connectivity index (χ4n) is 1.46. The third-order valence-corrected chi connectivity index (χ3v) is 2.34. The molecule has 0 spiro atoms. The van der Waals surface area contributed by atoms with E-state index in [0.29, 0.717) is 0 Å². The zero-order valence-corrected chi connectivity index (χ0v) is 11.3. The standard InChI is InChI=1S/C15H12N2O5/c18-13(16-14(19)21-11-7-3-1-4-8-11)17-15(20)22-12-9-5-2-6-10-12/h1-10H,(H2,16,17,18,19,20). The van der Waals surface area contributed by atoms with Gasteiger partial charge in [0.05, 0.1) is 0 Å². The zero-order valence-electron chi connectivity index (χ0n) is 11.3. The molecule has 0 atom stereocenters. The number of ether oxygens (including phenoxy) is 2. The highest BCUT2D eigenvalue weighted by molar-refractivity contribution is 5.99. The number of para-hydroxylation sites is 2. The summed E-state index contributed by atoms with van der Waals surface area (Å²) >= 11 is 0. The molecule has 7 nitrogen and oxygen atoms in total. The Kier molecular flexibility index (Phi) is 5.09. The first-order chi connectivity index (χ1) is 10.6. The lowest BCUT2D eigenvalue weighted by molar-refractivity contribution is 0.190. The molecule has 0 heterocycles. The molecule has 0 aliphatic heterocycles. The van der Waals surface area contributed by atoms with Crippen LogP contribution in [-0.4, -0.2) is 18.2 Å². The van der Waals surface area contributed by atoms with Crippen molar-refractivity contribution in [1.82, 2.24) is 10.6 Å². The second kappa shape index (κ2) is 7.44. The summed E-state index contributed by atoms with van der Waals surface area (Å²) in [5.41, 5.74) is 0. The van der Waals surface area contributed by atoms with Crippen molar-refractivity contribution in [2.24, 2.45) is 0 Å². The van der Waals surface area contributed by atoms with Crippen molar-refractivity contribution in [3.05, 3.63) is 60.7 Å². The Bertz CT molecular complexity index is 601. The second-order valence-corrected chi connectivity index (χ2v) is 3.98. The van der Waals surface area contributed by atoms with Gasteiger partial charge in [-0.05, 0) is 24.3 Å². The van der Waals surface area contributed by atoms with E-state index in [2.05, 4.69) is 0 Å². The van der Waals surface area contributed by atoms with Crippen LogP contribution in [0.3, 0.4) is 0 Å². The number of amides is 4. The van der Waals surface area contributed by atoms with E-state index >= 15 is 0 Å². The predicted molar refractivity (Wildman–Crippen MR) is 76.6 cm³/mol. The van der Waals surface area contributed by atoms with E-state index in [0.717, 1.165) is 0 Å². The van der Waals surface area contributed by atoms with Crippen LogP contribution in [0.25, 0.3) is 0 Å². The summed E-state index contributed by atoms with van der Waals surface area (Å²) in [6.07, 6.45) is -2.03. The molecule has 0 saturated carbocycles. The minimum absolute atomic E-state index is 0.264. The van der Waals surface area contributed by atoms with E-state index in [1.54, 1.807) is 60.7 Å². The van der Waals surface area contributed by atoms with Crippen molar-refractivity contribution < 1.29 is 23.9 Å². The van der Waals surface area contributed by atoms with Gasteiger partial charge in [-0.2, -0.15) is 0 Å². The van der Waals surface area contributed by atoms with Crippen LogP contribution in [0.15, 0.2) is 60.7 Å². The van der Waals surface area contributed by atoms with Gasteiger partial charge in [-0.3, -0.25) is 0 Å². The number of urea groups is 1. The summed E-state index contributed by atoms with van der Waals surface area (Å²) in [5, 5.41) is 3.67. The van der Waals surface area contributed by atoms with Gasteiger partial charge in [-0.15, -0.1) is 0 Å². The molecule has 112 valence electrons. The zero-order chi connectivity index (χ0) is 15.8. The Morgan fingerprint density at radius 2 is 1.00 bits per heavy atom. The number of benzene rings is 2. The van der Waals surface area contributed by atoms with E-state index in [9.17, 15) is 14.4 Å². The van der Waals surface area contributed by atoms with Crippen molar-refractivity contribution in [3.63, 3.8) is 0 Å². The molecule has 0 aromatic heterocycles. The van der Waals surface area contributed by atoms with Crippen LogP contribution >= 0.6 is 0 Å². The van der Waals surface area contributed by atoms with E-state index in [4.69, 9.17) is 9.47 Å². The Balaban J connectivity index is 1.77. The van der Waals surface area contributed by atoms with Crippen LogP contribution in [0.4, 0.5) is 14.4 Å². The fourth-order valence-corrected chi connectivity index (χ4v) is 1.46. The second-order valence-electron chi connectivity index (χ2n) is 3.98. The molecule has 2 aromatic rings. The largest absolute Gasteiger partial charge is 0.420 e. The lowest BCUT2D eigenvalue weighted by Crippen LogP contribution is -2.44. The Morgan fingerprint density at radius 3 is 1.36 bits per heavy atom. The molecule has 0 aliphatic carbocycles. The number of hydrogen-bond acceptors (Lipinski definition) is 5. The van der Waals surface area contributed by atoms with Crippen LogP contribution in [0.1, 0.15) is 0 Å². The highest BCUT2D eigenvalue weighted by Gasteiger charge is 2.14. The summed E-state index contributed by atoms with van der Waals surface area (Å²) in [7, 11) is 0. The SMILES string of the molecule is O=C(NC(=O)Oc1ccccc1)NC(=O)Oc1ccccc1. The molecule has 2 N–H and O–H groups in total. The van der Waals surface area contributed by atoms with Gasteiger partial charge in [0, 0.05) is 0 Å². The molecule has 0 aliphatic rings. The topological polar surface area (TPSA) is 93.7 Å². The average molecular weight is 300 g/mol. The minimum atomic E-state index is -1.05. The highest BCUT2D eigenvalue weighted by atomic mass is 16.6. The maximum Gasteiger partial charge on any atom is 0.420 e. The smallest absolute Gasteiger partial charge is 0.410 e. The predicted octanol–water partition coefficient (Wildman–Crippen LogP) is 2.68. The molecule has 22 heavy (non-hydrogen) atoms. The summed E-state index contributed by atoms with van der Waals surface area (Å²) in [6.45, 7) is 0. The first-order valence-electron chi connectivity index (χ1n) is 6.25. The molecule has 0 bridgehead atoms. The maximum absolute atomic E-state index is 11.4. The Morgan fingerprint density at radius 1 is 0.636 bits per heavy atom. The number of rotatable bonds is 2. The van der Waals surface area contributed by atoms with E-state index in [-0.39, 0.29) is 11.5 Å². The van der Waals surface area contributed by atoms with Gasteiger partial charge in [0.1, 0.15) is 11.5 Å². The van der Waals surface area contributed by atoms with Gasteiger partial charge in [0.25, 0.3) is 0 Å². The van der Waals surface area contributed by atoms with Crippen molar-refractivity contribution in [3.8, 4) is 11.5 Å². The molecule has 0 radical (unpaired) electrons. The number of carbonyl (C=O) groups is 3. The van der Waals surface area contributed by atoms with Crippen LogP contribution < -0.4 is 20.1 Å². The molecular formula is C15H12N2O5. The molecule has 4 amide bonds. The average Bonchev–Trinajstić information content (AvgIpc) is 2.48. The molecular weight excluding hydrogens is 288 g/mol. The van der Waals surface area contributed by atoms with Crippen LogP contribution in [-0.2, 0) is 0 Å². The van der Waals surface area contributed by atoms with Crippen molar-refractivity contribution in [2.75, 3.05) is 0 Å². The monoisotopic (exact) mass is 300 g/mol. The van der Waals surface area contributed by atoms with E-state index in [1.165, 1.54) is 0 Å². The molecule has 0 fully saturated rings. The molecule has 2 aromatic carbocycles. The summed E-state index contributed by atoms with van der Waals surface area (Å²) in [6, 6.07) is 15.3.